The molecule has 1 aromatic carbocycles. The molecule has 1 aliphatic rings. The Morgan fingerprint density at radius 1 is 1.44 bits per heavy atom. The molecule has 0 saturated carbocycles. The summed E-state index contributed by atoms with van der Waals surface area (Å²) in [6.45, 7) is 0. The first-order valence-electron chi connectivity index (χ1n) is 6.18. The number of nitrogens with zero attached hydrogens (tertiary/aromatic N) is 1. The number of fused-ring (bicyclic) bond motifs is 1. The van der Waals surface area contributed by atoms with E-state index in [0.717, 1.165) is 28.8 Å². The summed E-state index contributed by atoms with van der Waals surface area (Å²) in [5.74, 6) is 2.32. The lowest BCUT2D eigenvalue weighted by Gasteiger charge is -2.23. The van der Waals surface area contributed by atoms with Crippen molar-refractivity contribution >= 4 is 28.6 Å². The van der Waals surface area contributed by atoms with E-state index in [9.17, 15) is 4.79 Å². The molecule has 2 aromatic rings. The Morgan fingerprint density at radius 2 is 2.28 bits per heavy atom. The molecule has 1 amide bonds. The number of para-hydroxylation sites is 1. The molecule has 94 valence electrons. The van der Waals surface area contributed by atoms with Crippen LogP contribution in [0.1, 0.15) is 16.9 Å². The Labute approximate surface area is 111 Å². The largest absolute Gasteiger partial charge is 0.351 e. The van der Waals surface area contributed by atoms with E-state index in [1.165, 1.54) is 0 Å². The number of carbonyl (C=O) groups is 1. The smallest absolute Gasteiger partial charge is 0.270 e. The zero-order valence-electron chi connectivity index (χ0n) is 10.3. The van der Waals surface area contributed by atoms with E-state index in [2.05, 4.69) is 4.98 Å². The number of thioether (sulfide) groups is 1. The van der Waals surface area contributed by atoms with Crippen LogP contribution in [0.25, 0.3) is 10.9 Å². The average molecular weight is 260 g/mol. The first-order valence-corrected chi connectivity index (χ1v) is 7.34. The molecule has 0 radical (unpaired) electrons. The molecule has 3 rings (SSSR count). The molecule has 1 N–H and O–H groups in total. The van der Waals surface area contributed by atoms with Crippen LogP contribution in [-0.4, -0.2) is 40.4 Å². The van der Waals surface area contributed by atoms with Gasteiger partial charge in [0.2, 0.25) is 0 Å². The summed E-state index contributed by atoms with van der Waals surface area (Å²) in [5.41, 5.74) is 1.71. The monoisotopic (exact) mass is 260 g/mol. The van der Waals surface area contributed by atoms with Gasteiger partial charge in [-0.1, -0.05) is 18.2 Å². The zero-order chi connectivity index (χ0) is 12.5. The molecule has 2 heterocycles. The Balaban J connectivity index is 1.86. The van der Waals surface area contributed by atoms with Crippen LogP contribution in [0.15, 0.2) is 30.3 Å². The second kappa shape index (κ2) is 4.69. The van der Waals surface area contributed by atoms with Crippen molar-refractivity contribution in [3.8, 4) is 0 Å². The van der Waals surface area contributed by atoms with Crippen molar-refractivity contribution in [1.29, 1.82) is 0 Å². The van der Waals surface area contributed by atoms with Crippen molar-refractivity contribution in [2.24, 2.45) is 0 Å². The van der Waals surface area contributed by atoms with Gasteiger partial charge in [-0.3, -0.25) is 4.79 Å². The van der Waals surface area contributed by atoms with E-state index in [0.29, 0.717) is 11.7 Å². The number of H-pyrrole nitrogens is 1. The number of aromatic nitrogens is 1. The molecule has 1 fully saturated rings. The van der Waals surface area contributed by atoms with Gasteiger partial charge in [0.05, 0.1) is 0 Å². The number of aromatic amines is 1. The fraction of sp³-hybridized carbons (Fsp3) is 0.357. The number of hydrogen-bond acceptors (Lipinski definition) is 2. The Morgan fingerprint density at radius 3 is 3.00 bits per heavy atom. The summed E-state index contributed by atoms with van der Waals surface area (Å²) < 4.78 is 0. The molecule has 18 heavy (non-hydrogen) atoms. The fourth-order valence-corrected chi connectivity index (χ4v) is 3.64. The second-order valence-corrected chi connectivity index (χ2v) is 5.85. The van der Waals surface area contributed by atoms with Gasteiger partial charge in [0.1, 0.15) is 5.69 Å². The van der Waals surface area contributed by atoms with Crippen LogP contribution in [0.5, 0.6) is 0 Å². The SMILES string of the molecule is CN(C(=O)c1cc2ccccc2[nH]1)C1CCSC1. The highest BCUT2D eigenvalue weighted by Gasteiger charge is 2.25. The van der Waals surface area contributed by atoms with Gasteiger partial charge in [-0.15, -0.1) is 0 Å². The third kappa shape index (κ3) is 2.01. The molecular weight excluding hydrogens is 244 g/mol. The minimum Gasteiger partial charge on any atom is -0.351 e. The van der Waals surface area contributed by atoms with Crippen LogP contribution >= 0.6 is 11.8 Å². The number of carbonyl (C=O) groups excluding carboxylic acids is 1. The highest BCUT2D eigenvalue weighted by Crippen LogP contribution is 2.23. The molecule has 1 unspecified atom stereocenters. The zero-order valence-corrected chi connectivity index (χ0v) is 11.2. The van der Waals surface area contributed by atoms with Crippen LogP contribution in [0.2, 0.25) is 0 Å². The summed E-state index contributed by atoms with van der Waals surface area (Å²) >= 11 is 1.92. The minimum absolute atomic E-state index is 0.0960. The van der Waals surface area contributed by atoms with E-state index < -0.39 is 0 Å². The average Bonchev–Trinajstić information content (AvgIpc) is 3.05. The summed E-state index contributed by atoms with van der Waals surface area (Å²) in [7, 11) is 1.91. The normalized spacial score (nSPS) is 19.3. The number of benzene rings is 1. The van der Waals surface area contributed by atoms with E-state index in [1.807, 2.05) is 54.0 Å². The highest BCUT2D eigenvalue weighted by molar-refractivity contribution is 7.99. The molecule has 1 aliphatic heterocycles. The number of rotatable bonds is 2. The number of nitrogens with one attached hydrogen (secondary N) is 1. The molecule has 0 spiro atoms. The second-order valence-electron chi connectivity index (χ2n) is 4.70. The first-order chi connectivity index (χ1) is 8.75. The quantitative estimate of drug-likeness (QED) is 0.901. The van der Waals surface area contributed by atoms with Gasteiger partial charge in [0, 0.05) is 29.7 Å². The van der Waals surface area contributed by atoms with Crippen LogP contribution in [0.4, 0.5) is 0 Å². The van der Waals surface area contributed by atoms with E-state index in [1.54, 1.807) is 0 Å². The molecule has 0 aliphatic carbocycles. The van der Waals surface area contributed by atoms with Gasteiger partial charge < -0.3 is 9.88 Å². The van der Waals surface area contributed by atoms with Crippen LogP contribution in [0.3, 0.4) is 0 Å². The maximum absolute atomic E-state index is 12.4. The van der Waals surface area contributed by atoms with Crippen molar-refractivity contribution in [3.05, 3.63) is 36.0 Å². The fourth-order valence-electron chi connectivity index (χ4n) is 2.37. The molecule has 1 aromatic heterocycles. The van der Waals surface area contributed by atoms with Crippen molar-refractivity contribution in [2.75, 3.05) is 18.6 Å². The van der Waals surface area contributed by atoms with Crippen LogP contribution < -0.4 is 0 Å². The first kappa shape index (κ1) is 11.7. The molecular formula is C14H16N2OS. The van der Waals surface area contributed by atoms with Crippen LogP contribution in [-0.2, 0) is 0 Å². The van der Waals surface area contributed by atoms with Crippen molar-refractivity contribution in [3.63, 3.8) is 0 Å². The molecule has 3 nitrogen and oxygen atoms in total. The van der Waals surface area contributed by atoms with Gasteiger partial charge in [-0.2, -0.15) is 11.8 Å². The van der Waals surface area contributed by atoms with Crippen LogP contribution in [0, 0.1) is 0 Å². The lowest BCUT2D eigenvalue weighted by molar-refractivity contribution is 0.0743. The standard InChI is InChI=1S/C14H16N2OS/c1-16(11-6-7-18-9-11)14(17)13-8-10-4-2-3-5-12(10)15-13/h2-5,8,11,15H,6-7,9H2,1H3. The summed E-state index contributed by atoms with van der Waals surface area (Å²) in [6.07, 6.45) is 1.10. The molecule has 1 saturated heterocycles. The topological polar surface area (TPSA) is 36.1 Å². The lowest BCUT2D eigenvalue weighted by atomic mass is 10.2. The predicted molar refractivity (Wildman–Crippen MR) is 76.1 cm³/mol. The van der Waals surface area contributed by atoms with E-state index in [4.69, 9.17) is 0 Å². The maximum atomic E-state index is 12.4. The predicted octanol–water partition coefficient (Wildman–Crippen LogP) is 2.75. The third-order valence-corrected chi connectivity index (χ3v) is 4.68. The van der Waals surface area contributed by atoms with Crippen molar-refractivity contribution < 1.29 is 4.79 Å². The lowest BCUT2D eigenvalue weighted by Crippen LogP contribution is -2.37. The maximum Gasteiger partial charge on any atom is 0.270 e. The van der Waals surface area contributed by atoms with Crippen molar-refractivity contribution in [1.82, 2.24) is 9.88 Å². The number of hydrogen-bond donors (Lipinski definition) is 1. The van der Waals surface area contributed by atoms with E-state index in [-0.39, 0.29) is 5.91 Å². The highest BCUT2D eigenvalue weighted by atomic mass is 32.2. The molecule has 0 bridgehead atoms. The number of amides is 1. The molecule has 4 heteroatoms. The molecule has 1 atom stereocenters. The summed E-state index contributed by atoms with van der Waals surface area (Å²) in [6, 6.07) is 10.3. The van der Waals surface area contributed by atoms with Gasteiger partial charge in [-0.25, -0.2) is 0 Å². The van der Waals surface area contributed by atoms with Gasteiger partial charge in [-0.05, 0) is 24.3 Å². The summed E-state index contributed by atoms with van der Waals surface area (Å²) in [5, 5.41) is 1.09. The Hall–Kier alpha value is -1.42. The van der Waals surface area contributed by atoms with Gasteiger partial charge >= 0.3 is 0 Å². The van der Waals surface area contributed by atoms with E-state index >= 15 is 0 Å². The third-order valence-electron chi connectivity index (χ3n) is 3.53. The Bertz CT molecular complexity index is 539. The summed E-state index contributed by atoms with van der Waals surface area (Å²) in [4.78, 5) is 17.5. The Kier molecular flexibility index (Phi) is 3.04. The van der Waals surface area contributed by atoms with Gasteiger partial charge in [0.15, 0.2) is 0 Å². The van der Waals surface area contributed by atoms with Gasteiger partial charge in [0.25, 0.3) is 5.91 Å². The minimum atomic E-state index is 0.0960. The van der Waals surface area contributed by atoms with Crippen molar-refractivity contribution in [2.45, 2.75) is 12.5 Å².